The normalized spacial score (nSPS) is 12.2. The molecule has 0 atom stereocenters. The minimum Gasteiger partial charge on any atom is -0.454 e. The van der Waals surface area contributed by atoms with Crippen LogP contribution in [0, 0.1) is 6.92 Å². The molecule has 1 aliphatic heterocycles. The molecular formula is C23H21N3O6S. The zero-order valence-electron chi connectivity index (χ0n) is 17.6. The number of amides is 2. The van der Waals surface area contributed by atoms with E-state index in [4.69, 9.17) is 9.47 Å². The Balaban J connectivity index is 1.30. The highest BCUT2D eigenvalue weighted by Gasteiger charge is 2.17. The van der Waals surface area contributed by atoms with E-state index in [2.05, 4.69) is 15.4 Å². The largest absolute Gasteiger partial charge is 0.454 e. The SMILES string of the molecule is Cc1ccc(S(=O)(=O)Nc2ccc(NC(=O)CNC(=O)c3ccc4c(c3)OCO4)cc2)cc1. The minimum absolute atomic E-state index is 0.106. The monoisotopic (exact) mass is 467 g/mol. The molecule has 3 N–H and O–H groups in total. The number of carbonyl (C=O) groups excluding carboxylic acids is 2. The molecule has 4 rings (SSSR count). The average molecular weight is 468 g/mol. The number of carbonyl (C=O) groups is 2. The molecule has 1 heterocycles. The van der Waals surface area contributed by atoms with Crippen LogP contribution in [0.5, 0.6) is 11.5 Å². The lowest BCUT2D eigenvalue weighted by Crippen LogP contribution is -2.32. The second-order valence-electron chi connectivity index (χ2n) is 7.29. The van der Waals surface area contributed by atoms with E-state index >= 15 is 0 Å². The number of fused-ring (bicyclic) bond motifs is 1. The van der Waals surface area contributed by atoms with E-state index in [1.807, 2.05) is 6.92 Å². The Morgan fingerprint density at radius 3 is 2.27 bits per heavy atom. The summed E-state index contributed by atoms with van der Waals surface area (Å²) in [6, 6.07) is 17.5. The molecule has 3 aromatic carbocycles. The lowest BCUT2D eigenvalue weighted by atomic mass is 10.2. The first kappa shape index (κ1) is 22.2. The van der Waals surface area contributed by atoms with Crippen LogP contribution in [0.2, 0.25) is 0 Å². The highest BCUT2D eigenvalue weighted by atomic mass is 32.2. The summed E-state index contributed by atoms with van der Waals surface area (Å²) in [7, 11) is -3.72. The quantitative estimate of drug-likeness (QED) is 0.491. The first-order chi connectivity index (χ1) is 15.8. The third-order valence-corrected chi connectivity index (χ3v) is 6.19. The third kappa shape index (κ3) is 5.42. The van der Waals surface area contributed by atoms with Crippen LogP contribution in [0.4, 0.5) is 11.4 Å². The van der Waals surface area contributed by atoms with Gasteiger partial charge in [-0.25, -0.2) is 8.42 Å². The number of sulfonamides is 1. The van der Waals surface area contributed by atoms with Crippen molar-refractivity contribution in [3.63, 3.8) is 0 Å². The predicted octanol–water partition coefficient (Wildman–Crippen LogP) is 2.89. The molecule has 0 fully saturated rings. The molecule has 3 aromatic rings. The van der Waals surface area contributed by atoms with Gasteiger partial charge in [-0.15, -0.1) is 0 Å². The van der Waals surface area contributed by atoms with Gasteiger partial charge in [-0.2, -0.15) is 0 Å². The molecule has 0 saturated carbocycles. The first-order valence-corrected chi connectivity index (χ1v) is 11.5. The Morgan fingerprint density at radius 2 is 1.55 bits per heavy atom. The smallest absolute Gasteiger partial charge is 0.261 e. The van der Waals surface area contributed by atoms with Crippen molar-refractivity contribution >= 4 is 33.2 Å². The van der Waals surface area contributed by atoms with Crippen molar-refractivity contribution in [3.05, 3.63) is 77.9 Å². The zero-order chi connectivity index (χ0) is 23.4. The lowest BCUT2D eigenvalue weighted by Gasteiger charge is -2.10. The maximum absolute atomic E-state index is 12.5. The number of hydrogen-bond donors (Lipinski definition) is 3. The van der Waals surface area contributed by atoms with Crippen molar-refractivity contribution in [1.82, 2.24) is 5.32 Å². The molecule has 0 unspecified atom stereocenters. The van der Waals surface area contributed by atoms with Gasteiger partial charge in [0.05, 0.1) is 11.4 Å². The molecule has 0 aromatic heterocycles. The fourth-order valence-electron chi connectivity index (χ4n) is 3.06. The standard InChI is InChI=1S/C23H21N3O6S/c1-15-2-9-19(10-3-15)33(29,30)26-18-7-5-17(6-8-18)25-22(27)13-24-23(28)16-4-11-20-21(12-16)32-14-31-20/h2-12,26H,13-14H2,1H3,(H,24,28)(H,25,27). The van der Waals surface area contributed by atoms with E-state index in [0.717, 1.165) is 5.56 Å². The number of nitrogens with one attached hydrogen (secondary N) is 3. The molecule has 2 amide bonds. The van der Waals surface area contributed by atoms with Crippen LogP contribution in [0.3, 0.4) is 0 Å². The van der Waals surface area contributed by atoms with E-state index in [-0.39, 0.29) is 18.2 Å². The summed E-state index contributed by atoms with van der Waals surface area (Å²) in [4.78, 5) is 24.6. The number of aryl methyl sites for hydroxylation is 1. The predicted molar refractivity (Wildman–Crippen MR) is 122 cm³/mol. The van der Waals surface area contributed by atoms with Crippen molar-refractivity contribution in [3.8, 4) is 11.5 Å². The fourth-order valence-corrected chi connectivity index (χ4v) is 4.12. The number of anilines is 2. The number of ether oxygens (including phenoxy) is 2. The van der Waals surface area contributed by atoms with Crippen LogP contribution in [0.15, 0.2) is 71.6 Å². The van der Waals surface area contributed by atoms with Crippen molar-refractivity contribution in [2.45, 2.75) is 11.8 Å². The molecule has 0 bridgehead atoms. The summed E-state index contributed by atoms with van der Waals surface area (Å²) in [5.74, 6) is 0.181. The van der Waals surface area contributed by atoms with Gasteiger partial charge >= 0.3 is 0 Å². The third-order valence-electron chi connectivity index (χ3n) is 4.80. The molecule has 170 valence electrons. The summed E-state index contributed by atoms with van der Waals surface area (Å²) < 4.78 is 37.9. The summed E-state index contributed by atoms with van der Waals surface area (Å²) in [6.07, 6.45) is 0. The number of rotatable bonds is 7. The second-order valence-corrected chi connectivity index (χ2v) is 8.98. The van der Waals surface area contributed by atoms with E-state index in [9.17, 15) is 18.0 Å². The van der Waals surface area contributed by atoms with Gasteiger partial charge in [-0.3, -0.25) is 14.3 Å². The molecule has 9 nitrogen and oxygen atoms in total. The zero-order valence-corrected chi connectivity index (χ0v) is 18.4. The van der Waals surface area contributed by atoms with Crippen LogP contribution in [-0.4, -0.2) is 33.6 Å². The summed E-state index contributed by atoms with van der Waals surface area (Å²) >= 11 is 0. The maximum atomic E-state index is 12.5. The van der Waals surface area contributed by atoms with Crippen molar-refractivity contribution in [1.29, 1.82) is 0 Å². The lowest BCUT2D eigenvalue weighted by molar-refractivity contribution is -0.115. The Kier molecular flexibility index (Phi) is 6.18. The van der Waals surface area contributed by atoms with Gasteiger partial charge < -0.3 is 20.1 Å². The van der Waals surface area contributed by atoms with E-state index in [1.165, 1.54) is 24.3 Å². The highest BCUT2D eigenvalue weighted by molar-refractivity contribution is 7.92. The summed E-state index contributed by atoms with van der Waals surface area (Å²) in [5.41, 5.74) is 2.11. The van der Waals surface area contributed by atoms with Crippen molar-refractivity contribution < 1.29 is 27.5 Å². The van der Waals surface area contributed by atoms with Gasteiger partial charge in [0, 0.05) is 16.9 Å². The molecule has 1 aliphatic rings. The van der Waals surface area contributed by atoms with Gasteiger partial charge in [0.1, 0.15) is 0 Å². The second kappa shape index (κ2) is 9.21. The van der Waals surface area contributed by atoms with Gasteiger partial charge in [-0.1, -0.05) is 17.7 Å². The molecule has 0 saturated heterocycles. The summed E-state index contributed by atoms with van der Waals surface area (Å²) in [5, 5.41) is 5.18. The van der Waals surface area contributed by atoms with Gasteiger partial charge in [0.25, 0.3) is 15.9 Å². The van der Waals surface area contributed by atoms with E-state index in [0.29, 0.717) is 28.4 Å². The summed E-state index contributed by atoms with van der Waals surface area (Å²) in [6.45, 7) is 1.74. The molecule has 10 heteroatoms. The van der Waals surface area contributed by atoms with E-state index in [1.54, 1.807) is 42.5 Å². The molecular weight excluding hydrogens is 446 g/mol. The molecule has 0 spiro atoms. The number of benzene rings is 3. The van der Waals surface area contributed by atoms with Crippen molar-refractivity contribution in [2.75, 3.05) is 23.4 Å². The Bertz CT molecular complexity index is 1290. The Labute approximate surface area is 190 Å². The molecule has 33 heavy (non-hydrogen) atoms. The fraction of sp³-hybridized carbons (Fsp3) is 0.130. The van der Waals surface area contributed by atoms with Crippen molar-refractivity contribution in [2.24, 2.45) is 0 Å². The molecule has 0 aliphatic carbocycles. The van der Waals surface area contributed by atoms with Crippen LogP contribution in [-0.2, 0) is 14.8 Å². The Morgan fingerprint density at radius 1 is 0.879 bits per heavy atom. The van der Waals surface area contributed by atoms with Gasteiger partial charge in [0.2, 0.25) is 12.7 Å². The van der Waals surface area contributed by atoms with Crippen LogP contribution in [0.25, 0.3) is 0 Å². The first-order valence-electron chi connectivity index (χ1n) is 9.97. The topological polar surface area (TPSA) is 123 Å². The maximum Gasteiger partial charge on any atom is 0.261 e. The minimum atomic E-state index is -3.72. The van der Waals surface area contributed by atoms with Gasteiger partial charge in [0.15, 0.2) is 11.5 Å². The Hall–Kier alpha value is -4.05. The molecule has 0 radical (unpaired) electrons. The van der Waals surface area contributed by atoms with Crippen LogP contribution in [0.1, 0.15) is 15.9 Å². The highest BCUT2D eigenvalue weighted by Crippen LogP contribution is 2.32. The average Bonchev–Trinajstić information content (AvgIpc) is 3.27. The van der Waals surface area contributed by atoms with Gasteiger partial charge in [-0.05, 0) is 61.5 Å². The number of hydrogen-bond acceptors (Lipinski definition) is 6. The van der Waals surface area contributed by atoms with Crippen LogP contribution < -0.4 is 24.8 Å². The van der Waals surface area contributed by atoms with E-state index < -0.39 is 21.8 Å². The van der Waals surface area contributed by atoms with Crippen LogP contribution >= 0.6 is 0 Å².